The lowest BCUT2D eigenvalue weighted by molar-refractivity contribution is 0.0215. The van der Waals surface area contributed by atoms with Gasteiger partial charge in [0.15, 0.2) is 0 Å². The number of hydrogen-bond acceptors (Lipinski definition) is 7. The summed E-state index contributed by atoms with van der Waals surface area (Å²) in [5.41, 5.74) is 0.0701. The first-order valence-electron chi connectivity index (χ1n) is 12.7. The first kappa shape index (κ1) is 28.0. The molecule has 1 saturated heterocycles. The number of amides is 1. The second kappa shape index (κ2) is 11.4. The summed E-state index contributed by atoms with van der Waals surface area (Å²) in [7, 11) is 0. The van der Waals surface area contributed by atoms with Gasteiger partial charge in [0.25, 0.3) is 6.43 Å². The Labute approximate surface area is 225 Å². The number of carbonyl (C=O) groups is 1. The van der Waals surface area contributed by atoms with E-state index >= 15 is 0 Å². The monoisotopic (exact) mass is 540 g/mol. The average Bonchev–Trinajstić information content (AvgIpc) is 2.87. The van der Waals surface area contributed by atoms with Gasteiger partial charge in [0.05, 0.1) is 41.9 Å². The van der Waals surface area contributed by atoms with Gasteiger partial charge in [0.1, 0.15) is 17.2 Å². The molecule has 0 spiro atoms. The quantitative estimate of drug-likeness (QED) is 0.397. The van der Waals surface area contributed by atoms with Crippen molar-refractivity contribution in [1.82, 2.24) is 14.9 Å². The Balaban J connectivity index is 1.61. The number of halogens is 3. The van der Waals surface area contributed by atoms with Crippen LogP contribution in [0.3, 0.4) is 0 Å². The summed E-state index contributed by atoms with van der Waals surface area (Å²) in [5, 5.41) is 13.4. The van der Waals surface area contributed by atoms with E-state index in [0.717, 1.165) is 6.07 Å². The van der Waals surface area contributed by atoms with Crippen LogP contribution in [-0.4, -0.2) is 52.2 Å². The van der Waals surface area contributed by atoms with Crippen LogP contribution in [0.15, 0.2) is 42.7 Å². The normalized spacial score (nSPS) is 16.7. The van der Waals surface area contributed by atoms with Gasteiger partial charge in [-0.1, -0.05) is 18.2 Å². The molecule has 0 aliphatic carbocycles. The maximum Gasteiger partial charge on any atom is 0.410 e. The molecule has 2 aromatic heterocycles. The molecule has 0 radical (unpaired) electrons. The minimum Gasteiger partial charge on any atom is -0.444 e. The lowest BCUT2D eigenvalue weighted by Crippen LogP contribution is -2.55. The Bertz CT molecular complexity index is 1390. The summed E-state index contributed by atoms with van der Waals surface area (Å²) in [6.45, 7) is 8.24. The van der Waals surface area contributed by atoms with Crippen LogP contribution in [0.2, 0.25) is 0 Å². The number of hydrogen-bond donors (Lipinski definition) is 1. The highest BCUT2D eigenvalue weighted by Crippen LogP contribution is 2.32. The summed E-state index contributed by atoms with van der Waals surface area (Å²) in [6, 6.07) is 8.80. The van der Waals surface area contributed by atoms with Crippen molar-refractivity contribution in [2.24, 2.45) is 0 Å². The zero-order chi connectivity index (χ0) is 28.3. The molecule has 11 heteroatoms. The van der Waals surface area contributed by atoms with E-state index in [9.17, 15) is 23.2 Å². The van der Waals surface area contributed by atoms with E-state index in [0.29, 0.717) is 42.0 Å². The first-order valence-corrected chi connectivity index (χ1v) is 12.7. The molecule has 206 valence electrons. The van der Waals surface area contributed by atoms with Crippen LogP contribution in [0.25, 0.3) is 10.9 Å². The summed E-state index contributed by atoms with van der Waals surface area (Å²) >= 11 is 0. The van der Waals surface area contributed by atoms with Crippen molar-refractivity contribution < 1.29 is 22.7 Å². The number of alkyl halides is 2. The minimum atomic E-state index is -2.91. The third-order valence-electron chi connectivity index (χ3n) is 6.50. The third kappa shape index (κ3) is 6.33. The predicted molar refractivity (Wildman–Crippen MR) is 142 cm³/mol. The number of aromatic nitrogens is 2. The molecule has 1 amide bonds. The van der Waals surface area contributed by atoms with E-state index in [1.54, 1.807) is 51.1 Å². The Morgan fingerprint density at radius 3 is 2.67 bits per heavy atom. The van der Waals surface area contributed by atoms with Gasteiger partial charge in [-0.3, -0.25) is 4.98 Å². The van der Waals surface area contributed by atoms with Crippen LogP contribution in [0.1, 0.15) is 57.7 Å². The molecule has 1 aromatic carbocycles. The molecule has 1 N–H and O–H groups in total. The van der Waals surface area contributed by atoms with Gasteiger partial charge >= 0.3 is 6.09 Å². The average molecular weight is 541 g/mol. The molecule has 1 aliphatic rings. The fraction of sp³-hybridized carbons (Fsp3) is 0.429. The topological polar surface area (TPSA) is 94.4 Å². The molecule has 1 aliphatic heterocycles. The van der Waals surface area contributed by atoms with E-state index in [4.69, 9.17) is 4.74 Å². The van der Waals surface area contributed by atoms with Crippen molar-refractivity contribution in [1.29, 1.82) is 5.26 Å². The van der Waals surface area contributed by atoms with Gasteiger partial charge in [0.2, 0.25) is 0 Å². The highest BCUT2D eigenvalue weighted by Gasteiger charge is 2.33. The maximum absolute atomic E-state index is 14.8. The molecule has 0 unspecified atom stereocenters. The Hall–Kier alpha value is -4.07. The van der Waals surface area contributed by atoms with Crippen molar-refractivity contribution in [3.63, 3.8) is 0 Å². The number of carbonyl (C=O) groups excluding carboxylic acids is 1. The number of piperazine rings is 1. The molecule has 0 bridgehead atoms. The van der Waals surface area contributed by atoms with Gasteiger partial charge in [0, 0.05) is 42.5 Å². The van der Waals surface area contributed by atoms with Crippen molar-refractivity contribution in [2.75, 3.05) is 29.9 Å². The molecule has 8 nitrogen and oxygen atoms in total. The summed E-state index contributed by atoms with van der Waals surface area (Å²) in [5.74, 6) is -0.336. The number of ether oxygens (including phenoxy) is 1. The van der Waals surface area contributed by atoms with E-state index in [1.807, 2.05) is 11.0 Å². The number of benzene rings is 1. The van der Waals surface area contributed by atoms with E-state index in [1.165, 1.54) is 12.1 Å². The number of rotatable bonds is 6. The lowest BCUT2D eigenvalue weighted by atomic mass is 10.0. The lowest BCUT2D eigenvalue weighted by Gasteiger charge is -2.41. The number of nitriles is 1. The molecular weight excluding hydrogens is 509 g/mol. The molecule has 2 atom stereocenters. The van der Waals surface area contributed by atoms with Gasteiger partial charge < -0.3 is 19.9 Å². The Morgan fingerprint density at radius 1 is 1.23 bits per heavy atom. The minimum absolute atomic E-state index is 0.124. The van der Waals surface area contributed by atoms with Crippen LogP contribution in [0.5, 0.6) is 0 Å². The van der Waals surface area contributed by atoms with Crippen LogP contribution >= 0.6 is 0 Å². The highest BCUT2D eigenvalue weighted by molar-refractivity contribution is 5.92. The molecule has 3 heterocycles. The van der Waals surface area contributed by atoms with Gasteiger partial charge in [-0.25, -0.2) is 22.9 Å². The predicted octanol–water partition coefficient (Wildman–Crippen LogP) is 6.22. The second-order valence-electron chi connectivity index (χ2n) is 10.5. The van der Waals surface area contributed by atoms with E-state index < -0.39 is 35.5 Å². The zero-order valence-electron chi connectivity index (χ0n) is 22.3. The standard InChI is InChI=1S/C28H31F3N6O2/c1-17(19-6-5-7-20(25(19)29)26(30)31)35-22-9-11-33-23-15-34-24(14-21(22)23)37-13-12-36(16-18(37)8-10-32)27(38)39-28(2,3)4/h5-7,9,11,14-15,17-18,26H,8,12-13,16H2,1-4H3,(H,33,35)/t17-,18+/m1/s1. The van der Waals surface area contributed by atoms with Crippen LogP contribution < -0.4 is 10.2 Å². The number of nitrogens with one attached hydrogen (secondary N) is 1. The summed E-state index contributed by atoms with van der Waals surface area (Å²) in [6.07, 6.45) is 0.0351. The van der Waals surface area contributed by atoms with Crippen molar-refractivity contribution in [3.8, 4) is 6.07 Å². The zero-order valence-corrected chi connectivity index (χ0v) is 22.3. The molecule has 4 rings (SSSR count). The van der Waals surface area contributed by atoms with E-state index in [-0.39, 0.29) is 18.0 Å². The highest BCUT2D eigenvalue weighted by atomic mass is 19.3. The summed E-state index contributed by atoms with van der Waals surface area (Å²) < 4.78 is 46.7. The smallest absolute Gasteiger partial charge is 0.410 e. The van der Waals surface area contributed by atoms with Crippen molar-refractivity contribution in [2.45, 2.75) is 58.2 Å². The molecule has 3 aromatic rings. The van der Waals surface area contributed by atoms with Crippen LogP contribution in [-0.2, 0) is 4.74 Å². The van der Waals surface area contributed by atoms with Gasteiger partial charge in [-0.2, -0.15) is 5.26 Å². The first-order chi connectivity index (χ1) is 18.5. The van der Waals surface area contributed by atoms with Gasteiger partial charge in [-0.15, -0.1) is 0 Å². The SMILES string of the molecule is C[C@@H](Nc1ccnc2cnc(N3CCN(C(=O)OC(C)(C)C)C[C@@H]3CC#N)cc12)c1cccc(C(F)F)c1F. The van der Waals surface area contributed by atoms with Crippen LogP contribution in [0, 0.1) is 17.1 Å². The number of pyridine rings is 2. The Kier molecular flexibility index (Phi) is 8.14. The van der Waals surface area contributed by atoms with Crippen molar-refractivity contribution >= 4 is 28.5 Å². The maximum atomic E-state index is 14.8. The molecule has 0 saturated carbocycles. The number of nitrogens with zero attached hydrogens (tertiary/aromatic N) is 5. The fourth-order valence-electron chi connectivity index (χ4n) is 4.63. The van der Waals surface area contributed by atoms with E-state index in [2.05, 4.69) is 21.4 Å². The number of anilines is 2. The molecule has 1 fully saturated rings. The third-order valence-corrected chi connectivity index (χ3v) is 6.50. The van der Waals surface area contributed by atoms with Gasteiger partial charge in [-0.05, 0) is 39.8 Å². The second-order valence-corrected chi connectivity index (χ2v) is 10.5. The van der Waals surface area contributed by atoms with Crippen molar-refractivity contribution in [3.05, 3.63) is 59.7 Å². The fourth-order valence-corrected chi connectivity index (χ4v) is 4.63. The van der Waals surface area contributed by atoms with Crippen LogP contribution in [0.4, 0.5) is 29.5 Å². The summed E-state index contributed by atoms with van der Waals surface area (Å²) in [4.78, 5) is 25.1. The number of fused-ring (bicyclic) bond motifs is 1. The molecule has 39 heavy (non-hydrogen) atoms. The largest absolute Gasteiger partial charge is 0.444 e. The Morgan fingerprint density at radius 2 is 1.97 bits per heavy atom. The molecular formula is C28H31F3N6O2.